The number of carbonyl (C=O) groups excluding carboxylic acids is 1. The number of sulfonamides is 1. The van der Waals surface area contributed by atoms with Crippen LogP contribution in [0.4, 0.5) is 11.4 Å². The second-order valence-corrected chi connectivity index (χ2v) is 7.87. The molecule has 0 aliphatic carbocycles. The lowest BCUT2D eigenvalue weighted by molar-refractivity contribution is -0.387. The van der Waals surface area contributed by atoms with Crippen molar-refractivity contribution < 1.29 is 22.9 Å². The summed E-state index contributed by atoms with van der Waals surface area (Å²) in [6, 6.07) is 11.1. The molecule has 1 unspecified atom stereocenters. The number of hydrogen-bond donors (Lipinski definition) is 2. The first-order valence-electron chi connectivity index (χ1n) is 8.63. The number of carbonyl (C=O) groups is 1. The number of rotatable bonds is 7. The molecule has 28 heavy (non-hydrogen) atoms. The second kappa shape index (κ2) is 8.36. The number of ether oxygens (including phenoxy) is 1. The van der Waals surface area contributed by atoms with E-state index in [1.54, 1.807) is 12.1 Å². The van der Waals surface area contributed by atoms with E-state index in [1.165, 1.54) is 24.3 Å². The van der Waals surface area contributed by atoms with E-state index < -0.39 is 31.4 Å². The third kappa shape index (κ3) is 4.46. The molecular formula is C18H19N3O6S. The predicted octanol–water partition coefficient (Wildman–Crippen LogP) is 2.30. The molecule has 1 atom stereocenters. The van der Waals surface area contributed by atoms with E-state index in [9.17, 15) is 23.3 Å². The minimum atomic E-state index is -4.27. The standard InChI is InChI=1S/C18H19N3O6S/c22-18(19-12-13-6-5-11-27-13)14-7-1-2-8-15(14)20-28(25,26)17-10-4-3-9-16(17)21(23)24/h1-4,7-10,13,20H,5-6,11-12H2,(H,19,22). The average molecular weight is 405 g/mol. The number of para-hydroxylation sites is 2. The van der Waals surface area contributed by atoms with Gasteiger partial charge in [0, 0.05) is 19.2 Å². The van der Waals surface area contributed by atoms with Crippen molar-refractivity contribution in [3.8, 4) is 0 Å². The number of nitro benzene ring substituents is 1. The van der Waals surface area contributed by atoms with Gasteiger partial charge in [-0.05, 0) is 31.0 Å². The zero-order valence-corrected chi connectivity index (χ0v) is 15.6. The molecule has 2 aromatic rings. The van der Waals surface area contributed by atoms with Gasteiger partial charge in [0.2, 0.25) is 0 Å². The van der Waals surface area contributed by atoms with Crippen LogP contribution in [0.2, 0.25) is 0 Å². The molecule has 1 aliphatic rings. The number of nitrogens with one attached hydrogen (secondary N) is 2. The molecule has 1 saturated heterocycles. The largest absolute Gasteiger partial charge is 0.376 e. The van der Waals surface area contributed by atoms with E-state index in [2.05, 4.69) is 10.0 Å². The van der Waals surface area contributed by atoms with Gasteiger partial charge in [-0.25, -0.2) is 8.42 Å². The van der Waals surface area contributed by atoms with Crippen LogP contribution in [0.15, 0.2) is 53.4 Å². The zero-order valence-electron chi connectivity index (χ0n) is 14.8. The molecule has 1 amide bonds. The third-order valence-electron chi connectivity index (χ3n) is 4.28. The van der Waals surface area contributed by atoms with Gasteiger partial charge in [0.15, 0.2) is 4.90 Å². The molecule has 3 rings (SSSR count). The van der Waals surface area contributed by atoms with Gasteiger partial charge in [0.05, 0.1) is 22.3 Å². The first kappa shape index (κ1) is 19.8. The summed E-state index contributed by atoms with van der Waals surface area (Å²) in [5.74, 6) is -0.462. The highest BCUT2D eigenvalue weighted by Crippen LogP contribution is 2.26. The molecule has 9 nitrogen and oxygen atoms in total. The van der Waals surface area contributed by atoms with Crippen molar-refractivity contribution in [3.63, 3.8) is 0 Å². The Bertz CT molecular complexity index is 986. The Hall–Kier alpha value is -2.98. The van der Waals surface area contributed by atoms with Gasteiger partial charge < -0.3 is 10.1 Å². The van der Waals surface area contributed by atoms with Crippen molar-refractivity contribution in [1.82, 2.24) is 5.32 Å². The number of nitro groups is 1. The van der Waals surface area contributed by atoms with E-state index in [1.807, 2.05) is 0 Å². The van der Waals surface area contributed by atoms with E-state index in [4.69, 9.17) is 4.74 Å². The molecule has 0 aromatic heterocycles. The Labute approximate surface area is 161 Å². The second-order valence-electron chi connectivity index (χ2n) is 6.22. The van der Waals surface area contributed by atoms with Crippen LogP contribution in [-0.2, 0) is 14.8 Å². The smallest absolute Gasteiger partial charge is 0.289 e. The average Bonchev–Trinajstić information content (AvgIpc) is 3.20. The monoisotopic (exact) mass is 405 g/mol. The maximum absolute atomic E-state index is 12.7. The number of nitrogens with zero attached hydrogens (tertiary/aromatic N) is 1. The van der Waals surface area contributed by atoms with Crippen LogP contribution in [0.1, 0.15) is 23.2 Å². The van der Waals surface area contributed by atoms with Crippen LogP contribution in [0.5, 0.6) is 0 Å². The minimum absolute atomic E-state index is 0.0329. The quantitative estimate of drug-likeness (QED) is 0.537. The van der Waals surface area contributed by atoms with Crippen LogP contribution in [0.25, 0.3) is 0 Å². The molecule has 148 valence electrons. The van der Waals surface area contributed by atoms with Crippen LogP contribution < -0.4 is 10.0 Å². The molecule has 1 heterocycles. The molecule has 0 radical (unpaired) electrons. The number of anilines is 1. The van der Waals surface area contributed by atoms with Crippen molar-refractivity contribution >= 4 is 27.3 Å². The van der Waals surface area contributed by atoms with Gasteiger partial charge in [-0.15, -0.1) is 0 Å². The summed E-state index contributed by atoms with van der Waals surface area (Å²) in [4.78, 5) is 22.4. The van der Waals surface area contributed by atoms with Crippen molar-refractivity contribution in [2.45, 2.75) is 23.8 Å². The third-order valence-corrected chi connectivity index (χ3v) is 5.69. The Morgan fingerprint density at radius 3 is 2.61 bits per heavy atom. The number of amides is 1. The van der Waals surface area contributed by atoms with E-state index in [-0.39, 0.29) is 17.4 Å². The lowest BCUT2D eigenvalue weighted by Gasteiger charge is -2.14. The number of hydrogen-bond acceptors (Lipinski definition) is 6. The molecule has 2 aromatic carbocycles. The van der Waals surface area contributed by atoms with Gasteiger partial charge >= 0.3 is 0 Å². The molecule has 10 heteroatoms. The van der Waals surface area contributed by atoms with E-state index in [0.717, 1.165) is 25.0 Å². The predicted molar refractivity (Wildman–Crippen MR) is 102 cm³/mol. The summed E-state index contributed by atoms with van der Waals surface area (Å²) in [5.41, 5.74) is -0.400. The zero-order chi connectivity index (χ0) is 20.1. The molecule has 1 aliphatic heterocycles. The Morgan fingerprint density at radius 1 is 1.18 bits per heavy atom. The van der Waals surface area contributed by atoms with Gasteiger partial charge in [-0.2, -0.15) is 0 Å². The van der Waals surface area contributed by atoms with Crippen molar-refractivity contribution in [2.75, 3.05) is 17.9 Å². The van der Waals surface area contributed by atoms with Crippen LogP contribution in [-0.4, -0.2) is 38.5 Å². The van der Waals surface area contributed by atoms with E-state index >= 15 is 0 Å². The van der Waals surface area contributed by atoms with Crippen molar-refractivity contribution in [1.29, 1.82) is 0 Å². The lowest BCUT2D eigenvalue weighted by Crippen LogP contribution is -2.32. The minimum Gasteiger partial charge on any atom is -0.376 e. The maximum Gasteiger partial charge on any atom is 0.289 e. The molecule has 2 N–H and O–H groups in total. The number of benzene rings is 2. The summed E-state index contributed by atoms with van der Waals surface area (Å²) in [6.07, 6.45) is 1.73. The molecule has 0 spiro atoms. The molecule has 0 bridgehead atoms. The molecule has 0 saturated carbocycles. The van der Waals surface area contributed by atoms with Gasteiger partial charge in [-0.1, -0.05) is 24.3 Å². The van der Waals surface area contributed by atoms with Crippen molar-refractivity contribution in [2.24, 2.45) is 0 Å². The summed E-state index contributed by atoms with van der Waals surface area (Å²) >= 11 is 0. The van der Waals surface area contributed by atoms with Crippen molar-refractivity contribution in [3.05, 3.63) is 64.2 Å². The SMILES string of the molecule is O=C(NCC1CCCO1)c1ccccc1NS(=O)(=O)c1ccccc1[N+](=O)[O-]. The topological polar surface area (TPSA) is 128 Å². The summed E-state index contributed by atoms with van der Waals surface area (Å²) < 4.78 is 33.1. The normalized spacial score (nSPS) is 16.5. The Balaban J connectivity index is 1.83. The van der Waals surface area contributed by atoms with Gasteiger partial charge in [0.1, 0.15) is 0 Å². The lowest BCUT2D eigenvalue weighted by atomic mass is 10.1. The summed E-state index contributed by atoms with van der Waals surface area (Å²) in [6.45, 7) is 0.983. The fourth-order valence-corrected chi connectivity index (χ4v) is 4.17. The highest BCUT2D eigenvalue weighted by molar-refractivity contribution is 7.92. The highest BCUT2D eigenvalue weighted by Gasteiger charge is 2.26. The molecule has 1 fully saturated rings. The fourth-order valence-electron chi connectivity index (χ4n) is 2.91. The first-order valence-corrected chi connectivity index (χ1v) is 10.1. The first-order chi connectivity index (χ1) is 13.4. The Kier molecular flexibility index (Phi) is 5.90. The fraction of sp³-hybridized carbons (Fsp3) is 0.278. The Morgan fingerprint density at radius 2 is 1.89 bits per heavy atom. The van der Waals surface area contributed by atoms with Crippen LogP contribution in [0.3, 0.4) is 0 Å². The highest BCUT2D eigenvalue weighted by atomic mass is 32.2. The van der Waals surface area contributed by atoms with E-state index in [0.29, 0.717) is 13.2 Å². The maximum atomic E-state index is 12.7. The summed E-state index contributed by atoms with van der Waals surface area (Å²) in [5, 5.41) is 13.9. The van der Waals surface area contributed by atoms with Crippen LogP contribution in [0, 0.1) is 10.1 Å². The van der Waals surface area contributed by atoms with Gasteiger partial charge in [0.25, 0.3) is 21.6 Å². The summed E-state index contributed by atoms with van der Waals surface area (Å²) in [7, 11) is -4.27. The van der Waals surface area contributed by atoms with Crippen LogP contribution >= 0.6 is 0 Å². The molecular weight excluding hydrogens is 386 g/mol. The van der Waals surface area contributed by atoms with Gasteiger partial charge in [-0.3, -0.25) is 19.6 Å².